The van der Waals surface area contributed by atoms with Crippen molar-refractivity contribution in [2.45, 2.75) is 0 Å². The highest BCUT2D eigenvalue weighted by Gasteiger charge is 2.17. The van der Waals surface area contributed by atoms with Gasteiger partial charge >= 0.3 is 5.97 Å². The molecule has 2 aromatic heterocycles. The van der Waals surface area contributed by atoms with Crippen LogP contribution in [0.15, 0.2) is 36.7 Å². The Balaban J connectivity index is 2.16. The molecule has 0 bridgehead atoms. The summed E-state index contributed by atoms with van der Waals surface area (Å²) in [5.41, 5.74) is 2.07. The number of halogens is 1. The van der Waals surface area contributed by atoms with Gasteiger partial charge in [-0.15, -0.1) is 0 Å². The van der Waals surface area contributed by atoms with Gasteiger partial charge in [0.25, 0.3) is 0 Å². The SMILES string of the molecule is Cn1ncc2c(Nc3ccc(I)cc3)c(C(=O)O)cnc21. The maximum absolute atomic E-state index is 11.4. The molecular weight excluding hydrogens is 383 g/mol. The standard InChI is InChI=1S/C14H11IN4O2/c1-19-13-10(7-17-19)12(11(6-16-13)14(20)21)18-9-4-2-8(15)3-5-9/h2-7H,1H3,(H,16,18)(H,20,21). The zero-order valence-corrected chi connectivity index (χ0v) is 13.2. The van der Waals surface area contributed by atoms with Crippen LogP contribution in [0, 0.1) is 3.57 Å². The van der Waals surface area contributed by atoms with Crippen molar-refractivity contribution in [2.24, 2.45) is 7.05 Å². The molecule has 0 saturated heterocycles. The monoisotopic (exact) mass is 394 g/mol. The van der Waals surface area contributed by atoms with Crippen LogP contribution in [0.1, 0.15) is 10.4 Å². The quantitative estimate of drug-likeness (QED) is 0.668. The topological polar surface area (TPSA) is 80.0 Å². The second-order valence-corrected chi connectivity index (χ2v) is 5.74. The number of carboxylic acids is 1. The Bertz CT molecular complexity index is 827. The number of aryl methyl sites for hydroxylation is 1. The largest absolute Gasteiger partial charge is 0.478 e. The Kier molecular flexibility index (Phi) is 3.50. The Morgan fingerprint density at radius 2 is 2.00 bits per heavy atom. The fourth-order valence-electron chi connectivity index (χ4n) is 2.07. The lowest BCUT2D eigenvalue weighted by Gasteiger charge is -2.10. The summed E-state index contributed by atoms with van der Waals surface area (Å²) in [6.07, 6.45) is 2.96. The lowest BCUT2D eigenvalue weighted by Crippen LogP contribution is -2.05. The first-order valence-corrected chi connectivity index (χ1v) is 7.21. The van der Waals surface area contributed by atoms with Gasteiger partial charge in [0.1, 0.15) is 5.56 Å². The first-order valence-electron chi connectivity index (χ1n) is 6.13. The van der Waals surface area contributed by atoms with E-state index in [0.29, 0.717) is 16.7 Å². The number of nitrogens with zero attached hydrogens (tertiary/aromatic N) is 3. The molecule has 0 aliphatic rings. The van der Waals surface area contributed by atoms with Crippen molar-refractivity contribution in [3.05, 3.63) is 45.8 Å². The number of hydrogen-bond donors (Lipinski definition) is 2. The van der Waals surface area contributed by atoms with E-state index in [1.54, 1.807) is 17.9 Å². The van der Waals surface area contributed by atoms with Crippen molar-refractivity contribution in [3.63, 3.8) is 0 Å². The molecule has 0 fully saturated rings. The van der Waals surface area contributed by atoms with Crippen LogP contribution in [0.4, 0.5) is 11.4 Å². The predicted octanol–water partition coefficient (Wildman–Crippen LogP) is 3.01. The molecule has 7 heteroatoms. The molecule has 0 spiro atoms. The van der Waals surface area contributed by atoms with Crippen LogP contribution in [-0.4, -0.2) is 25.8 Å². The van der Waals surface area contributed by atoms with Crippen molar-refractivity contribution >= 4 is 51.0 Å². The molecule has 3 aromatic rings. The number of rotatable bonds is 3. The molecule has 0 unspecified atom stereocenters. The normalized spacial score (nSPS) is 10.8. The van der Waals surface area contributed by atoms with Crippen molar-refractivity contribution in [1.82, 2.24) is 14.8 Å². The predicted molar refractivity (Wildman–Crippen MR) is 87.9 cm³/mol. The van der Waals surface area contributed by atoms with Crippen LogP contribution >= 0.6 is 22.6 Å². The van der Waals surface area contributed by atoms with Gasteiger partial charge in [-0.3, -0.25) is 4.68 Å². The van der Waals surface area contributed by atoms with Crippen LogP contribution in [0.2, 0.25) is 0 Å². The van der Waals surface area contributed by atoms with Crippen molar-refractivity contribution in [1.29, 1.82) is 0 Å². The van der Waals surface area contributed by atoms with Crippen LogP contribution < -0.4 is 5.32 Å². The minimum Gasteiger partial charge on any atom is -0.478 e. The molecule has 21 heavy (non-hydrogen) atoms. The van der Waals surface area contributed by atoms with E-state index in [2.05, 4.69) is 38.0 Å². The van der Waals surface area contributed by atoms with Gasteiger partial charge in [-0.05, 0) is 46.9 Å². The number of pyridine rings is 1. The average Bonchev–Trinajstić information content (AvgIpc) is 2.83. The average molecular weight is 394 g/mol. The first kappa shape index (κ1) is 13.8. The second kappa shape index (κ2) is 5.32. The number of anilines is 2. The number of fused-ring (bicyclic) bond motifs is 1. The smallest absolute Gasteiger partial charge is 0.339 e. The number of hydrogen-bond acceptors (Lipinski definition) is 4. The Morgan fingerprint density at radius 3 is 2.67 bits per heavy atom. The minimum absolute atomic E-state index is 0.119. The molecule has 106 valence electrons. The summed E-state index contributed by atoms with van der Waals surface area (Å²) in [5, 5.41) is 17.3. The molecular formula is C14H11IN4O2. The Hall–Kier alpha value is -2.16. The Labute approximate surface area is 133 Å². The summed E-state index contributed by atoms with van der Waals surface area (Å²) < 4.78 is 2.72. The van der Waals surface area contributed by atoms with E-state index in [-0.39, 0.29) is 5.56 Å². The fraction of sp³-hybridized carbons (Fsp3) is 0.0714. The van der Waals surface area contributed by atoms with Crippen LogP contribution in [-0.2, 0) is 7.05 Å². The molecule has 0 radical (unpaired) electrons. The molecule has 1 aromatic carbocycles. The molecule has 0 saturated carbocycles. The van der Waals surface area contributed by atoms with E-state index >= 15 is 0 Å². The lowest BCUT2D eigenvalue weighted by molar-refractivity contribution is 0.0697. The van der Waals surface area contributed by atoms with Crippen LogP contribution in [0.3, 0.4) is 0 Å². The summed E-state index contributed by atoms with van der Waals surface area (Å²) >= 11 is 2.22. The third-order valence-corrected chi connectivity index (χ3v) is 3.83. The van der Waals surface area contributed by atoms with Gasteiger partial charge in [-0.25, -0.2) is 9.78 Å². The van der Waals surface area contributed by atoms with Gasteiger partial charge in [0.15, 0.2) is 5.65 Å². The molecule has 0 aliphatic carbocycles. The van der Waals surface area contributed by atoms with Crippen LogP contribution in [0.5, 0.6) is 0 Å². The number of benzene rings is 1. The minimum atomic E-state index is -1.03. The molecule has 0 atom stereocenters. The lowest BCUT2D eigenvalue weighted by atomic mass is 10.1. The Morgan fingerprint density at radius 1 is 1.29 bits per heavy atom. The van der Waals surface area contributed by atoms with E-state index in [0.717, 1.165) is 9.26 Å². The third-order valence-electron chi connectivity index (χ3n) is 3.11. The van der Waals surface area contributed by atoms with Gasteiger partial charge in [-0.2, -0.15) is 5.10 Å². The van der Waals surface area contributed by atoms with E-state index < -0.39 is 5.97 Å². The summed E-state index contributed by atoms with van der Waals surface area (Å²) in [7, 11) is 1.77. The van der Waals surface area contributed by atoms with Gasteiger partial charge < -0.3 is 10.4 Å². The molecule has 2 N–H and O–H groups in total. The highest BCUT2D eigenvalue weighted by atomic mass is 127. The van der Waals surface area contributed by atoms with Gasteiger partial charge in [-0.1, -0.05) is 0 Å². The van der Waals surface area contributed by atoms with E-state index in [9.17, 15) is 9.90 Å². The van der Waals surface area contributed by atoms with E-state index in [4.69, 9.17) is 0 Å². The molecule has 6 nitrogen and oxygen atoms in total. The number of aromatic nitrogens is 3. The number of carboxylic acid groups (broad SMARTS) is 1. The highest BCUT2D eigenvalue weighted by molar-refractivity contribution is 14.1. The maximum atomic E-state index is 11.4. The first-order chi connectivity index (χ1) is 10.1. The summed E-state index contributed by atoms with van der Waals surface area (Å²) in [6.45, 7) is 0. The summed E-state index contributed by atoms with van der Waals surface area (Å²) in [6, 6.07) is 7.70. The summed E-state index contributed by atoms with van der Waals surface area (Å²) in [5.74, 6) is -1.03. The second-order valence-electron chi connectivity index (χ2n) is 4.49. The molecule has 2 heterocycles. The van der Waals surface area contributed by atoms with E-state index in [1.165, 1.54) is 6.20 Å². The molecule has 3 rings (SSSR count). The number of carbonyl (C=O) groups is 1. The van der Waals surface area contributed by atoms with E-state index in [1.807, 2.05) is 24.3 Å². The van der Waals surface area contributed by atoms with Crippen molar-refractivity contribution in [2.75, 3.05) is 5.32 Å². The van der Waals surface area contributed by atoms with Gasteiger partial charge in [0.2, 0.25) is 0 Å². The zero-order valence-electron chi connectivity index (χ0n) is 11.0. The van der Waals surface area contributed by atoms with Crippen LogP contribution in [0.25, 0.3) is 11.0 Å². The zero-order chi connectivity index (χ0) is 15.0. The van der Waals surface area contributed by atoms with Crippen molar-refractivity contribution in [3.8, 4) is 0 Å². The van der Waals surface area contributed by atoms with Crippen molar-refractivity contribution < 1.29 is 9.90 Å². The highest BCUT2D eigenvalue weighted by Crippen LogP contribution is 2.29. The summed E-state index contributed by atoms with van der Waals surface area (Å²) in [4.78, 5) is 15.6. The third kappa shape index (κ3) is 2.56. The fourth-order valence-corrected chi connectivity index (χ4v) is 2.43. The van der Waals surface area contributed by atoms with Gasteiger partial charge in [0, 0.05) is 22.5 Å². The number of aromatic carboxylic acids is 1. The maximum Gasteiger partial charge on any atom is 0.339 e. The number of nitrogens with one attached hydrogen (secondary N) is 1. The molecule has 0 aliphatic heterocycles. The molecule has 0 amide bonds. The van der Waals surface area contributed by atoms with Gasteiger partial charge in [0.05, 0.1) is 17.3 Å².